The molecule has 2 aromatic rings. The molecule has 0 aromatic heterocycles. The molecule has 1 heterocycles. The fourth-order valence-electron chi connectivity index (χ4n) is 2.95. The second kappa shape index (κ2) is 10.5. The van der Waals surface area contributed by atoms with Gasteiger partial charge in [0.05, 0.1) is 29.3 Å². The van der Waals surface area contributed by atoms with Crippen LogP contribution in [-0.2, 0) is 9.53 Å². The molecular formula is C22H21ClN6O3. The smallest absolute Gasteiger partial charge is 0.414 e. The van der Waals surface area contributed by atoms with Crippen molar-refractivity contribution in [3.63, 3.8) is 0 Å². The third-order valence-electron chi connectivity index (χ3n) is 4.53. The zero-order chi connectivity index (χ0) is 23.1. The molecule has 0 spiro atoms. The summed E-state index contributed by atoms with van der Waals surface area (Å²) in [6.45, 7) is 0.777. The first-order valence-electron chi connectivity index (χ1n) is 9.69. The van der Waals surface area contributed by atoms with Crippen LogP contribution in [0.4, 0.5) is 27.5 Å². The summed E-state index contributed by atoms with van der Waals surface area (Å²) >= 11 is 5.95. The van der Waals surface area contributed by atoms with Crippen LogP contribution >= 0.6 is 11.6 Å². The Balaban J connectivity index is 1.67. The molecule has 164 valence electrons. The predicted octanol–water partition coefficient (Wildman–Crippen LogP) is 4.37. The van der Waals surface area contributed by atoms with Gasteiger partial charge in [0.15, 0.2) is 5.78 Å². The lowest BCUT2D eigenvalue weighted by molar-refractivity contribution is -0.111. The van der Waals surface area contributed by atoms with Gasteiger partial charge >= 0.3 is 6.09 Å². The standard InChI is InChI=1S/C22H21ClN6O3/c23-14-2-1-3-15(12-14)28-19(6-8-24)21(26)20(30)7-9-27-18-5-4-16(13-17(18)25)29-10-11-32-22(29)31/h1-5,8-9,12-13,24,26H,6-7,10-11,25H2. The molecule has 3 rings (SSSR count). The number of nitrogens with one attached hydrogen (secondary N) is 2. The molecule has 0 radical (unpaired) electrons. The fourth-order valence-corrected chi connectivity index (χ4v) is 3.13. The first-order chi connectivity index (χ1) is 15.4. The number of Topliss-reactive ketones (excluding diaryl/α,β-unsaturated/α-hetero) is 1. The van der Waals surface area contributed by atoms with Crippen molar-refractivity contribution in [3.8, 4) is 0 Å². The van der Waals surface area contributed by atoms with Crippen molar-refractivity contribution in [2.24, 2.45) is 9.98 Å². The summed E-state index contributed by atoms with van der Waals surface area (Å²) in [5, 5.41) is 16.0. The van der Waals surface area contributed by atoms with E-state index >= 15 is 0 Å². The Morgan fingerprint density at radius 1 is 1.25 bits per heavy atom. The molecule has 0 unspecified atom stereocenters. The minimum Gasteiger partial charge on any atom is -0.447 e. The largest absolute Gasteiger partial charge is 0.447 e. The number of anilines is 2. The molecule has 1 fully saturated rings. The summed E-state index contributed by atoms with van der Waals surface area (Å²) < 4.78 is 4.91. The molecule has 2 aromatic carbocycles. The molecule has 0 saturated carbocycles. The average molecular weight is 453 g/mol. The fraction of sp³-hybridized carbons (Fsp3) is 0.182. The van der Waals surface area contributed by atoms with E-state index in [1.807, 2.05) is 0 Å². The topological polar surface area (TPSA) is 145 Å². The molecule has 0 atom stereocenters. The van der Waals surface area contributed by atoms with Crippen molar-refractivity contribution in [3.05, 3.63) is 47.5 Å². The predicted molar refractivity (Wildman–Crippen MR) is 127 cm³/mol. The monoisotopic (exact) mass is 452 g/mol. The number of ketones is 1. The maximum Gasteiger partial charge on any atom is 0.414 e. The van der Waals surface area contributed by atoms with Gasteiger partial charge < -0.3 is 15.9 Å². The number of halogens is 1. The SMILES string of the molecule is N=CCC(=Nc1cccc(Cl)c1)C(=N)C(=O)CC=Nc1ccc(N2CCOC2=O)cc1N. The van der Waals surface area contributed by atoms with Crippen LogP contribution in [0.1, 0.15) is 12.8 Å². The third-order valence-corrected chi connectivity index (χ3v) is 4.76. The minimum atomic E-state index is -0.494. The molecule has 1 amide bonds. The van der Waals surface area contributed by atoms with Gasteiger partial charge in [-0.05, 0) is 36.4 Å². The van der Waals surface area contributed by atoms with E-state index in [4.69, 9.17) is 32.9 Å². The number of cyclic esters (lactones) is 1. The van der Waals surface area contributed by atoms with E-state index in [0.29, 0.717) is 40.9 Å². The molecule has 1 aliphatic heterocycles. The van der Waals surface area contributed by atoms with Crippen molar-refractivity contribution in [2.75, 3.05) is 23.8 Å². The van der Waals surface area contributed by atoms with E-state index in [2.05, 4.69) is 9.98 Å². The number of carbonyl (C=O) groups is 2. The van der Waals surface area contributed by atoms with E-state index in [-0.39, 0.29) is 24.3 Å². The van der Waals surface area contributed by atoms with Gasteiger partial charge in [0, 0.05) is 36.0 Å². The van der Waals surface area contributed by atoms with Gasteiger partial charge in [-0.25, -0.2) is 4.79 Å². The molecule has 0 bridgehead atoms. The third kappa shape index (κ3) is 5.64. The first-order valence-corrected chi connectivity index (χ1v) is 10.1. The Labute approximate surface area is 189 Å². The number of nitrogens with two attached hydrogens (primary N) is 1. The number of hydrogen-bond donors (Lipinski definition) is 3. The molecular weight excluding hydrogens is 432 g/mol. The van der Waals surface area contributed by atoms with Crippen molar-refractivity contribution in [1.82, 2.24) is 0 Å². The van der Waals surface area contributed by atoms with Crippen LogP contribution < -0.4 is 10.6 Å². The summed E-state index contributed by atoms with van der Waals surface area (Å²) in [7, 11) is 0. The number of carbonyl (C=O) groups excluding carboxylic acids is 2. The lowest BCUT2D eigenvalue weighted by atomic mass is 10.1. The van der Waals surface area contributed by atoms with E-state index in [1.54, 1.807) is 42.5 Å². The summed E-state index contributed by atoms with van der Waals surface area (Å²) in [5.74, 6) is -0.494. The normalized spacial score (nSPS) is 14.0. The zero-order valence-electron chi connectivity index (χ0n) is 17.0. The number of nitrogens with zero attached hydrogens (tertiary/aromatic N) is 3. The van der Waals surface area contributed by atoms with Crippen LogP contribution in [0, 0.1) is 10.8 Å². The van der Waals surface area contributed by atoms with Crippen LogP contribution in [0.15, 0.2) is 52.4 Å². The van der Waals surface area contributed by atoms with Crippen molar-refractivity contribution in [2.45, 2.75) is 12.8 Å². The van der Waals surface area contributed by atoms with E-state index in [0.717, 1.165) is 6.21 Å². The number of benzene rings is 2. The zero-order valence-corrected chi connectivity index (χ0v) is 17.8. The Morgan fingerprint density at radius 3 is 2.72 bits per heavy atom. The van der Waals surface area contributed by atoms with Crippen LogP contribution in [-0.4, -0.2) is 48.9 Å². The minimum absolute atomic E-state index is 0.0432. The van der Waals surface area contributed by atoms with E-state index < -0.39 is 11.9 Å². The maximum absolute atomic E-state index is 12.5. The number of amides is 1. The Hall–Kier alpha value is -3.85. The van der Waals surface area contributed by atoms with Crippen LogP contribution in [0.2, 0.25) is 5.02 Å². The van der Waals surface area contributed by atoms with Gasteiger partial charge in [-0.1, -0.05) is 17.7 Å². The first kappa shape index (κ1) is 22.8. The van der Waals surface area contributed by atoms with E-state index in [1.165, 1.54) is 11.1 Å². The highest BCUT2D eigenvalue weighted by atomic mass is 35.5. The molecule has 1 saturated heterocycles. The summed E-state index contributed by atoms with van der Waals surface area (Å²) in [4.78, 5) is 34.1. The second-order valence-electron chi connectivity index (χ2n) is 6.77. The average Bonchev–Trinajstić information content (AvgIpc) is 3.20. The van der Waals surface area contributed by atoms with Crippen LogP contribution in [0.5, 0.6) is 0 Å². The molecule has 32 heavy (non-hydrogen) atoms. The quantitative estimate of drug-likeness (QED) is 0.383. The second-order valence-corrected chi connectivity index (χ2v) is 7.21. The lowest BCUT2D eigenvalue weighted by Gasteiger charge is -2.13. The highest BCUT2D eigenvalue weighted by Crippen LogP contribution is 2.29. The number of nitrogen functional groups attached to an aromatic ring is 1. The molecule has 10 heteroatoms. The van der Waals surface area contributed by atoms with Crippen molar-refractivity contribution < 1.29 is 14.3 Å². The van der Waals surface area contributed by atoms with Gasteiger partial charge in [-0.2, -0.15) is 0 Å². The molecule has 9 nitrogen and oxygen atoms in total. The summed E-state index contributed by atoms with van der Waals surface area (Å²) in [6.07, 6.45) is 1.93. The van der Waals surface area contributed by atoms with Gasteiger partial charge in [0.2, 0.25) is 0 Å². The van der Waals surface area contributed by atoms with Crippen molar-refractivity contribution in [1.29, 1.82) is 10.8 Å². The number of aliphatic imine (C=N–C) groups is 2. The Morgan fingerprint density at radius 2 is 2.06 bits per heavy atom. The lowest BCUT2D eigenvalue weighted by Crippen LogP contribution is -2.23. The van der Waals surface area contributed by atoms with Crippen LogP contribution in [0.25, 0.3) is 0 Å². The van der Waals surface area contributed by atoms with Gasteiger partial charge in [0.25, 0.3) is 0 Å². The summed E-state index contributed by atoms with van der Waals surface area (Å²) in [5.41, 5.74) is 7.78. The Kier molecular flexibility index (Phi) is 7.45. The number of ether oxygens (including phenoxy) is 1. The number of rotatable bonds is 9. The van der Waals surface area contributed by atoms with Gasteiger partial charge in [-0.3, -0.25) is 25.1 Å². The summed E-state index contributed by atoms with van der Waals surface area (Å²) in [6, 6.07) is 11.7. The highest BCUT2D eigenvalue weighted by molar-refractivity contribution is 6.68. The van der Waals surface area contributed by atoms with Crippen LogP contribution in [0.3, 0.4) is 0 Å². The molecule has 4 N–H and O–H groups in total. The number of hydrogen-bond acceptors (Lipinski definition) is 8. The van der Waals surface area contributed by atoms with Crippen molar-refractivity contribution >= 4 is 70.1 Å². The molecule has 0 aliphatic carbocycles. The van der Waals surface area contributed by atoms with Gasteiger partial charge in [0.1, 0.15) is 12.3 Å². The van der Waals surface area contributed by atoms with E-state index in [9.17, 15) is 9.59 Å². The Bertz CT molecular complexity index is 1130. The molecule has 1 aliphatic rings. The highest BCUT2D eigenvalue weighted by Gasteiger charge is 2.23. The van der Waals surface area contributed by atoms with Gasteiger partial charge in [-0.15, -0.1) is 0 Å². The maximum atomic E-state index is 12.5.